The van der Waals surface area contributed by atoms with Crippen molar-refractivity contribution in [1.82, 2.24) is 9.80 Å². The Bertz CT molecular complexity index is 405. The van der Waals surface area contributed by atoms with E-state index in [9.17, 15) is 4.79 Å². The van der Waals surface area contributed by atoms with Crippen molar-refractivity contribution in [3.05, 3.63) is 0 Å². The molecule has 4 rings (SSSR count). The van der Waals surface area contributed by atoms with Gasteiger partial charge in [-0.25, -0.2) is 0 Å². The zero-order valence-electron chi connectivity index (χ0n) is 13.4. The second kappa shape index (κ2) is 6.46. The van der Waals surface area contributed by atoms with Crippen molar-refractivity contribution in [2.24, 2.45) is 5.92 Å². The van der Waals surface area contributed by atoms with Crippen LogP contribution in [0, 0.1) is 5.92 Å². The molecule has 0 aromatic heterocycles. The van der Waals surface area contributed by atoms with Crippen LogP contribution in [0.5, 0.6) is 0 Å². The number of piperidine rings is 1. The molecule has 0 aliphatic carbocycles. The first-order valence-corrected chi connectivity index (χ1v) is 9.07. The molecule has 0 saturated carbocycles. The van der Waals surface area contributed by atoms with Gasteiger partial charge in [-0.05, 0) is 51.0 Å². The Morgan fingerprint density at radius 2 is 1.77 bits per heavy atom. The molecule has 1 amide bonds. The first kappa shape index (κ1) is 14.9. The number of carbonyl (C=O) groups is 1. The van der Waals surface area contributed by atoms with Gasteiger partial charge in [-0.2, -0.15) is 0 Å². The molecule has 4 aliphatic heterocycles. The maximum atomic E-state index is 12.5. The summed E-state index contributed by atoms with van der Waals surface area (Å²) in [6, 6.07) is 0.659. The summed E-state index contributed by atoms with van der Waals surface area (Å²) in [6.45, 7) is 5.84. The van der Waals surface area contributed by atoms with Gasteiger partial charge in [0, 0.05) is 38.9 Å². The number of fused-ring (bicyclic) bond motifs is 1. The molecule has 0 N–H and O–H groups in total. The minimum atomic E-state index is -0.164. The monoisotopic (exact) mass is 308 g/mol. The van der Waals surface area contributed by atoms with E-state index in [0.717, 1.165) is 65.0 Å². The van der Waals surface area contributed by atoms with Gasteiger partial charge in [0.2, 0.25) is 0 Å². The third-order valence-electron chi connectivity index (χ3n) is 5.98. The Morgan fingerprint density at radius 3 is 2.55 bits per heavy atom. The highest BCUT2D eigenvalue weighted by molar-refractivity contribution is 5.81. The van der Waals surface area contributed by atoms with E-state index in [2.05, 4.69) is 4.90 Å². The van der Waals surface area contributed by atoms with Crippen molar-refractivity contribution >= 4 is 5.91 Å². The summed E-state index contributed by atoms with van der Waals surface area (Å²) in [5.41, 5.74) is 0. The van der Waals surface area contributed by atoms with E-state index >= 15 is 0 Å². The number of amides is 1. The zero-order valence-corrected chi connectivity index (χ0v) is 13.4. The van der Waals surface area contributed by atoms with Crippen LogP contribution in [0.15, 0.2) is 0 Å². The lowest BCUT2D eigenvalue weighted by Gasteiger charge is -2.40. The summed E-state index contributed by atoms with van der Waals surface area (Å²) in [4.78, 5) is 17.1. The van der Waals surface area contributed by atoms with Crippen molar-refractivity contribution in [3.63, 3.8) is 0 Å². The van der Waals surface area contributed by atoms with E-state index in [0.29, 0.717) is 12.0 Å². The molecule has 124 valence electrons. The van der Waals surface area contributed by atoms with Crippen LogP contribution >= 0.6 is 0 Å². The summed E-state index contributed by atoms with van der Waals surface area (Å²) in [5.74, 6) is 0.845. The molecule has 3 atom stereocenters. The number of ether oxygens (including phenoxy) is 2. The summed E-state index contributed by atoms with van der Waals surface area (Å²) in [6.07, 6.45) is 6.84. The van der Waals surface area contributed by atoms with Crippen LogP contribution in [0.1, 0.15) is 38.5 Å². The number of likely N-dealkylation sites (tertiary alicyclic amines) is 2. The Balaban J connectivity index is 1.34. The minimum absolute atomic E-state index is 0.164. The van der Waals surface area contributed by atoms with Crippen molar-refractivity contribution in [3.8, 4) is 0 Å². The molecule has 0 aromatic carbocycles. The molecular formula is C17H28N2O3. The van der Waals surface area contributed by atoms with Gasteiger partial charge >= 0.3 is 0 Å². The van der Waals surface area contributed by atoms with E-state index in [1.807, 2.05) is 4.90 Å². The van der Waals surface area contributed by atoms with E-state index in [-0.39, 0.29) is 18.1 Å². The van der Waals surface area contributed by atoms with Crippen LogP contribution in [0.25, 0.3) is 0 Å². The number of rotatable bonds is 2. The van der Waals surface area contributed by atoms with E-state index in [1.165, 1.54) is 13.0 Å². The molecule has 5 nitrogen and oxygen atoms in total. The number of hydrogen-bond acceptors (Lipinski definition) is 4. The standard InChI is InChI=1S/C17H28N2O3/c20-17(18-6-1-2-7-18)15-11-13-3-8-19(12-16(13)22-15)14-4-9-21-10-5-14/h13-16H,1-12H2/t13-,15+,16+/m0/s1. The highest BCUT2D eigenvalue weighted by Crippen LogP contribution is 2.35. The van der Waals surface area contributed by atoms with Crippen LogP contribution in [0.2, 0.25) is 0 Å². The van der Waals surface area contributed by atoms with Crippen molar-refractivity contribution in [1.29, 1.82) is 0 Å². The van der Waals surface area contributed by atoms with E-state index in [1.54, 1.807) is 0 Å². The Kier molecular flexibility index (Phi) is 4.38. The smallest absolute Gasteiger partial charge is 0.251 e. The normalized spacial score (nSPS) is 37.5. The molecule has 22 heavy (non-hydrogen) atoms. The van der Waals surface area contributed by atoms with Crippen LogP contribution in [-0.2, 0) is 14.3 Å². The predicted octanol–water partition coefficient (Wildman–Crippen LogP) is 1.27. The molecule has 4 heterocycles. The van der Waals surface area contributed by atoms with Crippen LogP contribution in [-0.4, -0.2) is 73.3 Å². The van der Waals surface area contributed by atoms with Crippen LogP contribution < -0.4 is 0 Å². The first-order chi connectivity index (χ1) is 10.8. The maximum Gasteiger partial charge on any atom is 0.251 e. The third-order valence-corrected chi connectivity index (χ3v) is 5.98. The third kappa shape index (κ3) is 2.91. The second-order valence-corrected chi connectivity index (χ2v) is 7.32. The molecule has 0 unspecified atom stereocenters. The largest absolute Gasteiger partial charge is 0.381 e. The molecule has 4 fully saturated rings. The fourth-order valence-electron chi connectivity index (χ4n) is 4.64. The van der Waals surface area contributed by atoms with Gasteiger partial charge in [0.15, 0.2) is 0 Å². The Morgan fingerprint density at radius 1 is 1.00 bits per heavy atom. The summed E-state index contributed by atoms with van der Waals surface area (Å²) in [7, 11) is 0. The number of carbonyl (C=O) groups excluding carboxylic acids is 1. The maximum absolute atomic E-state index is 12.5. The lowest BCUT2D eigenvalue weighted by molar-refractivity contribution is -0.142. The molecule has 0 bridgehead atoms. The van der Waals surface area contributed by atoms with Crippen LogP contribution in [0.4, 0.5) is 0 Å². The molecule has 0 aromatic rings. The molecule has 4 aliphatic rings. The van der Waals surface area contributed by atoms with Gasteiger partial charge in [-0.1, -0.05) is 0 Å². The molecule has 0 radical (unpaired) electrons. The molecule has 0 spiro atoms. The Labute approximate surface area is 132 Å². The minimum Gasteiger partial charge on any atom is -0.381 e. The van der Waals surface area contributed by atoms with Crippen molar-refractivity contribution in [2.45, 2.75) is 56.8 Å². The van der Waals surface area contributed by atoms with Gasteiger partial charge in [-0.3, -0.25) is 9.69 Å². The lowest BCUT2D eigenvalue weighted by Crippen LogP contribution is -2.49. The average Bonchev–Trinajstić information content (AvgIpc) is 3.23. The quantitative estimate of drug-likeness (QED) is 0.770. The molecular weight excluding hydrogens is 280 g/mol. The van der Waals surface area contributed by atoms with E-state index < -0.39 is 0 Å². The topological polar surface area (TPSA) is 42.0 Å². The van der Waals surface area contributed by atoms with Gasteiger partial charge in [0.05, 0.1) is 6.10 Å². The zero-order chi connectivity index (χ0) is 14.9. The number of nitrogens with zero attached hydrogens (tertiary/aromatic N) is 2. The number of hydrogen-bond donors (Lipinski definition) is 0. The highest BCUT2D eigenvalue weighted by Gasteiger charge is 2.44. The average molecular weight is 308 g/mol. The highest BCUT2D eigenvalue weighted by atomic mass is 16.5. The predicted molar refractivity (Wildman–Crippen MR) is 82.6 cm³/mol. The molecule has 5 heteroatoms. The SMILES string of the molecule is O=C([C@H]1C[C@@H]2CCN(C3CCOCC3)C[C@H]2O1)N1CCCC1. The van der Waals surface area contributed by atoms with Crippen LogP contribution in [0.3, 0.4) is 0 Å². The summed E-state index contributed by atoms with van der Waals surface area (Å²) >= 11 is 0. The van der Waals surface area contributed by atoms with Gasteiger partial charge in [-0.15, -0.1) is 0 Å². The summed E-state index contributed by atoms with van der Waals surface area (Å²) in [5, 5.41) is 0. The van der Waals surface area contributed by atoms with Gasteiger partial charge < -0.3 is 14.4 Å². The van der Waals surface area contributed by atoms with Crippen molar-refractivity contribution in [2.75, 3.05) is 39.4 Å². The lowest BCUT2D eigenvalue weighted by atomic mass is 9.90. The van der Waals surface area contributed by atoms with Gasteiger partial charge in [0.1, 0.15) is 6.10 Å². The van der Waals surface area contributed by atoms with Gasteiger partial charge in [0.25, 0.3) is 5.91 Å². The fourth-order valence-corrected chi connectivity index (χ4v) is 4.64. The fraction of sp³-hybridized carbons (Fsp3) is 0.941. The van der Waals surface area contributed by atoms with Crippen molar-refractivity contribution < 1.29 is 14.3 Å². The first-order valence-electron chi connectivity index (χ1n) is 9.07. The Hall–Kier alpha value is -0.650. The summed E-state index contributed by atoms with van der Waals surface area (Å²) < 4.78 is 11.7. The molecule has 4 saturated heterocycles. The second-order valence-electron chi connectivity index (χ2n) is 7.32. The van der Waals surface area contributed by atoms with E-state index in [4.69, 9.17) is 9.47 Å².